The lowest BCUT2D eigenvalue weighted by Crippen LogP contribution is -2.52. The van der Waals surface area contributed by atoms with E-state index in [9.17, 15) is 4.79 Å². The van der Waals surface area contributed by atoms with Crippen LogP contribution in [0.3, 0.4) is 0 Å². The Labute approximate surface area is 186 Å². The lowest BCUT2D eigenvalue weighted by molar-refractivity contribution is -0.136. The molecule has 1 aromatic carbocycles. The molecule has 1 N–H and O–H groups in total. The molecule has 1 fully saturated rings. The Kier molecular flexibility index (Phi) is 5.57. The van der Waals surface area contributed by atoms with Crippen LogP contribution in [0.1, 0.15) is 19.3 Å². The van der Waals surface area contributed by atoms with E-state index in [0.717, 1.165) is 36.0 Å². The Morgan fingerprint density at radius 1 is 1.12 bits per heavy atom. The molecule has 0 unspecified atom stereocenters. The summed E-state index contributed by atoms with van der Waals surface area (Å²) in [6.07, 6.45) is 9.19. The normalized spacial score (nSPS) is 22.3. The first-order chi connectivity index (χ1) is 15.6. The first-order valence-electron chi connectivity index (χ1n) is 11.0. The molecule has 9 heteroatoms. The number of ether oxygens (including phenoxy) is 1. The van der Waals surface area contributed by atoms with Gasteiger partial charge in [-0.25, -0.2) is 15.0 Å². The highest BCUT2D eigenvalue weighted by Crippen LogP contribution is 2.36. The maximum atomic E-state index is 13.1. The number of likely N-dealkylation sites (N-methyl/N-ethyl adjacent to an activating group) is 2. The van der Waals surface area contributed by atoms with Gasteiger partial charge in [0.15, 0.2) is 5.75 Å². The van der Waals surface area contributed by atoms with Crippen molar-refractivity contribution in [3.63, 3.8) is 0 Å². The first-order valence-corrected chi connectivity index (χ1v) is 11.0. The molecular formula is C23H27N7O2. The van der Waals surface area contributed by atoms with Crippen molar-refractivity contribution < 1.29 is 9.53 Å². The predicted molar refractivity (Wildman–Crippen MR) is 121 cm³/mol. The monoisotopic (exact) mass is 433 g/mol. The molecule has 9 nitrogen and oxygen atoms in total. The van der Waals surface area contributed by atoms with Gasteiger partial charge in [0.05, 0.1) is 24.4 Å². The van der Waals surface area contributed by atoms with E-state index in [0.29, 0.717) is 36.7 Å². The van der Waals surface area contributed by atoms with Crippen molar-refractivity contribution in [1.29, 1.82) is 0 Å². The standard InChI is InChI=1S/C23H27N7O2/c1-29-8-6-16-10-19(29)23(31)30(2)7-3-9-32-22-17(15-11-24-14-25-12-15)4-5-18-21(22)28-20(27-16)13-26-18/h4-5,11-14,16,19H,3,6-10H2,1-2H3,(H,27,28)/t16-,19-/m0/s1. The summed E-state index contributed by atoms with van der Waals surface area (Å²) in [4.78, 5) is 34.9. The molecule has 1 saturated heterocycles. The number of likely N-dealkylation sites (tertiary alicyclic amines) is 1. The maximum Gasteiger partial charge on any atom is 0.239 e. The molecule has 4 heterocycles. The van der Waals surface area contributed by atoms with E-state index >= 15 is 0 Å². The number of hydrogen-bond donors (Lipinski definition) is 1. The smallest absolute Gasteiger partial charge is 0.239 e. The molecule has 0 aliphatic carbocycles. The van der Waals surface area contributed by atoms with Crippen molar-refractivity contribution in [3.8, 4) is 16.9 Å². The van der Waals surface area contributed by atoms with Gasteiger partial charge in [-0.3, -0.25) is 14.7 Å². The minimum absolute atomic E-state index is 0.135. The molecule has 3 aromatic rings. The van der Waals surface area contributed by atoms with E-state index in [1.165, 1.54) is 6.33 Å². The summed E-state index contributed by atoms with van der Waals surface area (Å²) in [5, 5.41) is 3.51. The number of benzene rings is 1. The van der Waals surface area contributed by atoms with E-state index in [1.54, 1.807) is 18.6 Å². The summed E-state index contributed by atoms with van der Waals surface area (Å²) in [7, 11) is 3.90. The molecule has 32 heavy (non-hydrogen) atoms. The predicted octanol–water partition coefficient (Wildman–Crippen LogP) is 2.20. The van der Waals surface area contributed by atoms with Crippen LogP contribution in [-0.4, -0.2) is 81.5 Å². The number of rotatable bonds is 1. The van der Waals surface area contributed by atoms with Gasteiger partial charge < -0.3 is 15.0 Å². The van der Waals surface area contributed by atoms with Crippen LogP contribution in [-0.2, 0) is 4.79 Å². The summed E-state index contributed by atoms with van der Waals surface area (Å²) in [5.41, 5.74) is 3.21. The largest absolute Gasteiger partial charge is 0.491 e. The molecule has 2 atom stereocenters. The lowest BCUT2D eigenvalue weighted by Gasteiger charge is -2.38. The molecule has 5 rings (SSSR count). The highest BCUT2D eigenvalue weighted by atomic mass is 16.5. The Bertz CT molecular complexity index is 1120. The molecule has 1 amide bonds. The van der Waals surface area contributed by atoms with Crippen LogP contribution in [0.2, 0.25) is 0 Å². The third kappa shape index (κ3) is 3.95. The SMILES string of the molecule is CN1CCCOc2c(-c3cncnc3)ccc3ncc(nc23)N[C@H]2CCN(C)[C@@H](C2)C1=O. The highest BCUT2D eigenvalue weighted by molar-refractivity contribution is 5.90. The number of nitrogens with zero attached hydrogens (tertiary/aromatic N) is 6. The number of aromatic nitrogens is 4. The number of carbonyl (C=O) groups is 1. The summed E-state index contributed by atoms with van der Waals surface area (Å²) >= 11 is 0. The minimum Gasteiger partial charge on any atom is -0.491 e. The minimum atomic E-state index is -0.135. The third-order valence-corrected chi connectivity index (χ3v) is 6.31. The van der Waals surface area contributed by atoms with Gasteiger partial charge in [-0.2, -0.15) is 0 Å². The van der Waals surface area contributed by atoms with E-state index in [4.69, 9.17) is 9.72 Å². The fraction of sp³-hybridized carbons (Fsp3) is 0.435. The van der Waals surface area contributed by atoms with Crippen molar-refractivity contribution in [2.45, 2.75) is 31.3 Å². The van der Waals surface area contributed by atoms with Crippen molar-refractivity contribution in [3.05, 3.63) is 37.1 Å². The second-order valence-electron chi connectivity index (χ2n) is 8.52. The number of anilines is 1. The molecule has 2 aliphatic heterocycles. The zero-order valence-corrected chi connectivity index (χ0v) is 18.4. The van der Waals surface area contributed by atoms with E-state index < -0.39 is 0 Å². The van der Waals surface area contributed by atoms with Crippen LogP contribution in [0.25, 0.3) is 22.2 Å². The number of piperidine rings is 1. The van der Waals surface area contributed by atoms with Gasteiger partial charge in [0.25, 0.3) is 0 Å². The van der Waals surface area contributed by atoms with E-state index in [-0.39, 0.29) is 18.0 Å². The summed E-state index contributed by atoms with van der Waals surface area (Å²) in [5.74, 6) is 1.51. The Hall–Kier alpha value is -3.33. The molecule has 4 bridgehead atoms. The summed E-state index contributed by atoms with van der Waals surface area (Å²) in [6, 6.07) is 3.93. The molecule has 0 spiro atoms. The van der Waals surface area contributed by atoms with Gasteiger partial charge in [-0.15, -0.1) is 0 Å². The van der Waals surface area contributed by atoms with Gasteiger partial charge in [0, 0.05) is 49.7 Å². The van der Waals surface area contributed by atoms with Gasteiger partial charge in [-0.1, -0.05) is 0 Å². The van der Waals surface area contributed by atoms with Crippen LogP contribution in [0.4, 0.5) is 5.82 Å². The van der Waals surface area contributed by atoms with E-state index in [1.807, 2.05) is 31.1 Å². The lowest BCUT2D eigenvalue weighted by atomic mass is 9.96. The summed E-state index contributed by atoms with van der Waals surface area (Å²) in [6.45, 7) is 1.95. The fourth-order valence-electron chi connectivity index (χ4n) is 4.49. The summed E-state index contributed by atoms with van der Waals surface area (Å²) < 4.78 is 6.27. The maximum absolute atomic E-state index is 13.1. The third-order valence-electron chi connectivity index (χ3n) is 6.31. The fourth-order valence-corrected chi connectivity index (χ4v) is 4.49. The number of carbonyl (C=O) groups excluding carboxylic acids is 1. The number of nitrogens with one attached hydrogen (secondary N) is 1. The van der Waals surface area contributed by atoms with Crippen LogP contribution in [0.15, 0.2) is 37.1 Å². The molecule has 0 saturated carbocycles. The quantitative estimate of drug-likeness (QED) is 0.624. The number of hydrogen-bond acceptors (Lipinski definition) is 8. The zero-order chi connectivity index (χ0) is 22.1. The van der Waals surface area contributed by atoms with Crippen LogP contribution in [0.5, 0.6) is 5.75 Å². The molecule has 166 valence electrons. The average molecular weight is 434 g/mol. The Balaban J connectivity index is 1.58. The topological polar surface area (TPSA) is 96.4 Å². The van der Waals surface area contributed by atoms with Crippen LogP contribution in [0, 0.1) is 0 Å². The number of amides is 1. The van der Waals surface area contributed by atoms with Crippen molar-refractivity contribution >= 4 is 22.8 Å². The van der Waals surface area contributed by atoms with Gasteiger partial charge >= 0.3 is 0 Å². The van der Waals surface area contributed by atoms with Gasteiger partial charge in [0.1, 0.15) is 17.7 Å². The highest BCUT2D eigenvalue weighted by Gasteiger charge is 2.33. The van der Waals surface area contributed by atoms with Crippen molar-refractivity contribution in [1.82, 2.24) is 29.7 Å². The molecule has 2 aliphatic rings. The Morgan fingerprint density at radius 2 is 1.97 bits per heavy atom. The molecule has 2 aromatic heterocycles. The van der Waals surface area contributed by atoms with E-state index in [2.05, 4.69) is 25.2 Å². The van der Waals surface area contributed by atoms with Crippen LogP contribution >= 0.6 is 0 Å². The second kappa shape index (κ2) is 8.66. The van der Waals surface area contributed by atoms with Gasteiger partial charge in [0.2, 0.25) is 5.91 Å². The average Bonchev–Trinajstić information content (AvgIpc) is 2.82. The zero-order valence-electron chi connectivity index (χ0n) is 18.4. The number of fused-ring (bicyclic) bond motifs is 3. The Morgan fingerprint density at radius 3 is 2.81 bits per heavy atom. The molecular weight excluding hydrogens is 406 g/mol. The first kappa shape index (κ1) is 20.6. The van der Waals surface area contributed by atoms with Crippen LogP contribution < -0.4 is 10.1 Å². The van der Waals surface area contributed by atoms with Gasteiger partial charge in [-0.05, 0) is 38.4 Å². The molecule has 0 radical (unpaired) electrons. The second-order valence-corrected chi connectivity index (χ2v) is 8.52. The van der Waals surface area contributed by atoms with Crippen molar-refractivity contribution in [2.75, 3.05) is 39.1 Å². The van der Waals surface area contributed by atoms with Crippen molar-refractivity contribution in [2.24, 2.45) is 0 Å².